The van der Waals surface area contributed by atoms with Crippen LogP contribution in [0.5, 0.6) is 0 Å². The van der Waals surface area contributed by atoms with Gasteiger partial charge in [-0.05, 0) is 27.7 Å². The molecule has 0 bridgehead atoms. The van der Waals surface area contributed by atoms with Gasteiger partial charge in [0, 0.05) is 6.08 Å². The molecular weight excluding hydrogens is 178 g/mol. The second kappa shape index (κ2) is 8.75. The number of hydrogen-bond donors (Lipinski definition) is 1. The minimum absolute atomic E-state index is 0.833. The predicted octanol–water partition coefficient (Wildman–Crippen LogP) is 2.14. The maximum Gasteiger partial charge on any atom is 0.327 e. The van der Waals surface area contributed by atoms with E-state index in [2.05, 4.69) is 34.3 Å². The van der Waals surface area contributed by atoms with E-state index in [0.717, 1.165) is 6.08 Å². The zero-order valence-corrected chi connectivity index (χ0v) is 9.92. The highest BCUT2D eigenvalue weighted by atomic mass is 16.4. The molecule has 14 heavy (non-hydrogen) atoms. The standard InChI is InChI=1S/C8H20N.C3H4O2/c1-5-9(6-2,7-3)8-4;1-2-3(4)5/h5-8H2,1-4H3;2H,1H2,(H,4,5)/q+1;. The average molecular weight is 202 g/mol. The van der Waals surface area contributed by atoms with Crippen molar-refractivity contribution in [1.82, 2.24) is 0 Å². The molecule has 0 heterocycles. The Morgan fingerprint density at radius 1 is 1.14 bits per heavy atom. The first-order chi connectivity index (χ1) is 6.51. The SMILES string of the molecule is C=CC(=O)O.CC[N+](CC)(CC)CC. The highest BCUT2D eigenvalue weighted by Crippen LogP contribution is 2.03. The van der Waals surface area contributed by atoms with Crippen LogP contribution < -0.4 is 0 Å². The number of nitrogens with zero attached hydrogens (tertiary/aromatic N) is 1. The van der Waals surface area contributed by atoms with E-state index in [1.807, 2.05) is 0 Å². The molecule has 0 atom stereocenters. The zero-order valence-electron chi connectivity index (χ0n) is 9.92. The maximum absolute atomic E-state index is 9.25. The molecule has 1 N–H and O–H groups in total. The number of carbonyl (C=O) groups is 1. The third-order valence-electron chi connectivity index (χ3n) is 2.86. The van der Waals surface area contributed by atoms with Crippen molar-refractivity contribution in [2.24, 2.45) is 0 Å². The molecule has 3 heteroatoms. The van der Waals surface area contributed by atoms with Crippen molar-refractivity contribution in [2.45, 2.75) is 27.7 Å². The van der Waals surface area contributed by atoms with Crippen LogP contribution in [0.1, 0.15) is 27.7 Å². The van der Waals surface area contributed by atoms with Crippen LogP contribution >= 0.6 is 0 Å². The van der Waals surface area contributed by atoms with E-state index in [4.69, 9.17) is 5.11 Å². The second-order valence-electron chi connectivity index (χ2n) is 3.15. The molecule has 0 unspecified atom stereocenters. The van der Waals surface area contributed by atoms with Gasteiger partial charge in [-0.2, -0.15) is 0 Å². The van der Waals surface area contributed by atoms with Crippen LogP contribution in [0.15, 0.2) is 12.7 Å². The molecule has 0 aliphatic carbocycles. The normalized spacial score (nSPS) is 10.0. The fourth-order valence-electron chi connectivity index (χ4n) is 1.34. The van der Waals surface area contributed by atoms with E-state index in [1.165, 1.54) is 30.7 Å². The Bertz CT molecular complexity index is 145. The summed E-state index contributed by atoms with van der Waals surface area (Å²) in [5.41, 5.74) is 0. The van der Waals surface area contributed by atoms with Gasteiger partial charge in [0.2, 0.25) is 0 Å². The summed E-state index contributed by atoms with van der Waals surface area (Å²) in [6, 6.07) is 0. The Balaban J connectivity index is 0. The summed E-state index contributed by atoms with van der Waals surface area (Å²) >= 11 is 0. The van der Waals surface area contributed by atoms with Crippen molar-refractivity contribution in [3.8, 4) is 0 Å². The molecule has 0 aromatic rings. The van der Waals surface area contributed by atoms with Crippen LogP contribution in [-0.2, 0) is 4.79 Å². The van der Waals surface area contributed by atoms with Crippen molar-refractivity contribution < 1.29 is 14.4 Å². The highest BCUT2D eigenvalue weighted by Gasteiger charge is 2.16. The van der Waals surface area contributed by atoms with Gasteiger partial charge < -0.3 is 9.59 Å². The summed E-state index contributed by atoms with van der Waals surface area (Å²) in [5, 5.41) is 7.60. The monoisotopic (exact) mass is 202 g/mol. The van der Waals surface area contributed by atoms with E-state index in [1.54, 1.807) is 0 Å². The van der Waals surface area contributed by atoms with Crippen molar-refractivity contribution in [3.05, 3.63) is 12.7 Å². The lowest BCUT2D eigenvalue weighted by Crippen LogP contribution is -2.47. The third-order valence-corrected chi connectivity index (χ3v) is 2.86. The Labute approximate surface area is 87.6 Å². The quantitative estimate of drug-likeness (QED) is 0.548. The van der Waals surface area contributed by atoms with Crippen molar-refractivity contribution in [3.63, 3.8) is 0 Å². The van der Waals surface area contributed by atoms with Crippen molar-refractivity contribution in [1.29, 1.82) is 0 Å². The fourth-order valence-corrected chi connectivity index (χ4v) is 1.34. The minimum Gasteiger partial charge on any atom is -0.478 e. The summed E-state index contributed by atoms with van der Waals surface area (Å²) in [6.45, 7) is 17.2. The van der Waals surface area contributed by atoms with Crippen LogP contribution in [0.3, 0.4) is 0 Å². The number of carboxylic acids is 1. The first-order valence-corrected chi connectivity index (χ1v) is 5.22. The molecule has 0 amide bonds. The lowest BCUT2D eigenvalue weighted by atomic mass is 10.3. The minimum atomic E-state index is -0.981. The molecule has 0 spiro atoms. The van der Waals surface area contributed by atoms with Crippen LogP contribution in [0, 0.1) is 0 Å². The second-order valence-corrected chi connectivity index (χ2v) is 3.15. The Morgan fingerprint density at radius 3 is 1.36 bits per heavy atom. The Hall–Kier alpha value is -0.830. The van der Waals surface area contributed by atoms with E-state index in [9.17, 15) is 4.79 Å². The molecule has 0 aliphatic rings. The van der Waals surface area contributed by atoms with Gasteiger partial charge in [-0.15, -0.1) is 0 Å². The number of rotatable bonds is 5. The van der Waals surface area contributed by atoms with Gasteiger partial charge in [-0.25, -0.2) is 4.79 Å². The molecular formula is C11H24NO2+. The van der Waals surface area contributed by atoms with Gasteiger partial charge in [-0.3, -0.25) is 0 Å². The van der Waals surface area contributed by atoms with Crippen LogP contribution in [-0.4, -0.2) is 41.7 Å². The lowest BCUT2D eigenvalue weighted by molar-refractivity contribution is -0.921. The van der Waals surface area contributed by atoms with Gasteiger partial charge in [-0.1, -0.05) is 6.58 Å². The van der Waals surface area contributed by atoms with Crippen LogP contribution in [0.25, 0.3) is 0 Å². The van der Waals surface area contributed by atoms with E-state index >= 15 is 0 Å². The van der Waals surface area contributed by atoms with Crippen molar-refractivity contribution in [2.75, 3.05) is 26.2 Å². The fraction of sp³-hybridized carbons (Fsp3) is 0.727. The number of aliphatic carboxylic acids is 1. The average Bonchev–Trinajstić information content (AvgIpc) is 2.23. The van der Waals surface area contributed by atoms with E-state index < -0.39 is 5.97 Å². The molecule has 0 rings (SSSR count). The van der Waals surface area contributed by atoms with Gasteiger partial charge in [0.05, 0.1) is 26.2 Å². The van der Waals surface area contributed by atoms with Crippen molar-refractivity contribution >= 4 is 5.97 Å². The van der Waals surface area contributed by atoms with Gasteiger partial charge in [0.25, 0.3) is 0 Å². The number of quaternary nitrogens is 1. The summed E-state index contributed by atoms with van der Waals surface area (Å²) in [6.07, 6.45) is 0.833. The van der Waals surface area contributed by atoms with E-state index in [-0.39, 0.29) is 0 Å². The largest absolute Gasteiger partial charge is 0.478 e. The molecule has 0 saturated carbocycles. The molecule has 0 fully saturated rings. The first-order valence-electron chi connectivity index (χ1n) is 5.22. The first kappa shape index (κ1) is 15.6. The summed E-state index contributed by atoms with van der Waals surface area (Å²) < 4.78 is 1.28. The molecule has 0 radical (unpaired) electrons. The number of carboxylic acid groups (broad SMARTS) is 1. The molecule has 3 nitrogen and oxygen atoms in total. The van der Waals surface area contributed by atoms with E-state index in [0.29, 0.717) is 0 Å². The summed E-state index contributed by atoms with van der Waals surface area (Å²) in [7, 11) is 0. The molecule has 0 aromatic carbocycles. The maximum atomic E-state index is 9.25. The predicted molar refractivity (Wildman–Crippen MR) is 60.3 cm³/mol. The smallest absolute Gasteiger partial charge is 0.327 e. The zero-order chi connectivity index (χ0) is 11.6. The number of hydrogen-bond acceptors (Lipinski definition) is 1. The lowest BCUT2D eigenvalue weighted by Gasteiger charge is -2.34. The summed E-state index contributed by atoms with van der Waals surface area (Å²) in [4.78, 5) is 9.25. The molecule has 0 saturated heterocycles. The molecule has 0 aliphatic heterocycles. The van der Waals surface area contributed by atoms with Gasteiger partial charge in [0.1, 0.15) is 0 Å². The molecule has 84 valence electrons. The molecule has 0 aromatic heterocycles. The Morgan fingerprint density at radius 2 is 1.36 bits per heavy atom. The summed E-state index contributed by atoms with van der Waals surface area (Å²) in [5.74, 6) is -0.981. The van der Waals surface area contributed by atoms with Crippen LogP contribution in [0.2, 0.25) is 0 Å². The van der Waals surface area contributed by atoms with Gasteiger partial charge >= 0.3 is 5.97 Å². The van der Waals surface area contributed by atoms with Crippen LogP contribution in [0.4, 0.5) is 0 Å². The topological polar surface area (TPSA) is 37.3 Å². The highest BCUT2D eigenvalue weighted by molar-refractivity contribution is 5.78. The third kappa shape index (κ3) is 6.66. The van der Waals surface area contributed by atoms with Gasteiger partial charge in [0.15, 0.2) is 0 Å². The Kier molecular flexibility index (Phi) is 9.78.